The second kappa shape index (κ2) is 4.99. The Morgan fingerprint density at radius 1 is 1.62 bits per heavy atom. The average molecular weight is 256 g/mol. The standard InChI is InChI=1S/C11H14ClN3S/c1-3-15-11(8(12)7-14-15)10(13-2)9-5-4-6-16-9/h4-7,10,13H,3H2,1-2H3. The first-order valence-corrected chi connectivity index (χ1v) is 6.45. The van der Waals surface area contributed by atoms with E-state index in [0.29, 0.717) is 0 Å². The Morgan fingerprint density at radius 3 is 3.00 bits per heavy atom. The summed E-state index contributed by atoms with van der Waals surface area (Å²) in [5.74, 6) is 0. The predicted octanol–water partition coefficient (Wildman–Crippen LogP) is 2.93. The molecule has 2 heterocycles. The molecule has 0 saturated heterocycles. The van der Waals surface area contributed by atoms with Crippen LogP contribution in [0.5, 0.6) is 0 Å². The van der Waals surface area contributed by atoms with Gasteiger partial charge in [0.05, 0.1) is 23.0 Å². The minimum absolute atomic E-state index is 0.120. The van der Waals surface area contributed by atoms with Gasteiger partial charge in [-0.3, -0.25) is 4.68 Å². The molecule has 2 aromatic heterocycles. The molecule has 0 aliphatic heterocycles. The molecule has 0 radical (unpaired) electrons. The molecule has 0 fully saturated rings. The van der Waals surface area contributed by atoms with Crippen LogP contribution in [0, 0.1) is 0 Å². The summed E-state index contributed by atoms with van der Waals surface area (Å²) >= 11 is 7.91. The van der Waals surface area contributed by atoms with E-state index in [1.54, 1.807) is 17.5 Å². The van der Waals surface area contributed by atoms with Crippen LogP contribution in [0.25, 0.3) is 0 Å². The van der Waals surface area contributed by atoms with Crippen LogP contribution in [0.3, 0.4) is 0 Å². The average Bonchev–Trinajstić information content (AvgIpc) is 2.91. The first-order valence-electron chi connectivity index (χ1n) is 5.19. The summed E-state index contributed by atoms with van der Waals surface area (Å²) < 4.78 is 1.93. The molecule has 16 heavy (non-hydrogen) atoms. The molecular formula is C11H14ClN3S. The maximum Gasteiger partial charge on any atom is 0.0854 e. The molecule has 0 aliphatic carbocycles. The molecule has 0 saturated carbocycles. The number of halogens is 1. The van der Waals surface area contributed by atoms with E-state index in [0.717, 1.165) is 17.3 Å². The third-order valence-corrected chi connectivity index (χ3v) is 3.75. The Bertz CT molecular complexity index is 450. The van der Waals surface area contributed by atoms with Crippen LogP contribution < -0.4 is 5.32 Å². The zero-order valence-corrected chi connectivity index (χ0v) is 10.8. The minimum atomic E-state index is 0.120. The number of nitrogens with one attached hydrogen (secondary N) is 1. The zero-order valence-electron chi connectivity index (χ0n) is 9.27. The molecule has 0 aliphatic rings. The Hall–Kier alpha value is -0.840. The third kappa shape index (κ3) is 2.00. The van der Waals surface area contributed by atoms with Gasteiger partial charge < -0.3 is 5.32 Å². The van der Waals surface area contributed by atoms with Crippen molar-refractivity contribution in [2.24, 2.45) is 0 Å². The van der Waals surface area contributed by atoms with Crippen molar-refractivity contribution in [3.8, 4) is 0 Å². The van der Waals surface area contributed by atoms with Gasteiger partial charge in [-0.25, -0.2) is 0 Å². The normalized spacial score (nSPS) is 12.9. The van der Waals surface area contributed by atoms with Crippen molar-refractivity contribution in [2.75, 3.05) is 7.05 Å². The second-order valence-electron chi connectivity index (χ2n) is 3.43. The van der Waals surface area contributed by atoms with Gasteiger partial charge in [-0.15, -0.1) is 11.3 Å². The molecule has 1 unspecified atom stereocenters. The fourth-order valence-electron chi connectivity index (χ4n) is 1.78. The molecule has 0 spiro atoms. The minimum Gasteiger partial charge on any atom is -0.307 e. The first-order chi connectivity index (χ1) is 7.77. The number of aryl methyl sites for hydroxylation is 1. The predicted molar refractivity (Wildman–Crippen MR) is 68.1 cm³/mol. The van der Waals surface area contributed by atoms with Gasteiger partial charge in [-0.05, 0) is 25.4 Å². The molecule has 1 N–H and O–H groups in total. The zero-order chi connectivity index (χ0) is 11.5. The second-order valence-corrected chi connectivity index (χ2v) is 4.82. The van der Waals surface area contributed by atoms with Crippen molar-refractivity contribution >= 4 is 22.9 Å². The lowest BCUT2D eigenvalue weighted by Gasteiger charge is -2.16. The highest BCUT2D eigenvalue weighted by Crippen LogP contribution is 2.30. The van der Waals surface area contributed by atoms with E-state index >= 15 is 0 Å². The highest BCUT2D eigenvalue weighted by Gasteiger charge is 2.20. The Morgan fingerprint density at radius 2 is 2.44 bits per heavy atom. The molecular weight excluding hydrogens is 242 g/mol. The molecule has 2 aromatic rings. The summed E-state index contributed by atoms with van der Waals surface area (Å²) in [6.07, 6.45) is 1.71. The van der Waals surface area contributed by atoms with Gasteiger partial charge in [-0.2, -0.15) is 5.10 Å². The van der Waals surface area contributed by atoms with Crippen molar-refractivity contribution in [3.05, 3.63) is 39.3 Å². The highest BCUT2D eigenvalue weighted by atomic mass is 35.5. The van der Waals surface area contributed by atoms with Gasteiger partial charge in [0.25, 0.3) is 0 Å². The van der Waals surface area contributed by atoms with E-state index in [2.05, 4.69) is 28.8 Å². The van der Waals surface area contributed by atoms with Crippen LogP contribution in [0.2, 0.25) is 5.02 Å². The number of hydrogen-bond donors (Lipinski definition) is 1. The summed E-state index contributed by atoms with van der Waals surface area (Å²) in [5, 5.41) is 10.3. The topological polar surface area (TPSA) is 29.9 Å². The molecule has 86 valence electrons. The van der Waals surface area contributed by atoms with Crippen LogP contribution >= 0.6 is 22.9 Å². The van der Waals surface area contributed by atoms with E-state index in [1.807, 2.05) is 17.8 Å². The fraction of sp³-hybridized carbons (Fsp3) is 0.364. The van der Waals surface area contributed by atoms with Crippen LogP contribution in [0.4, 0.5) is 0 Å². The van der Waals surface area contributed by atoms with Crippen LogP contribution in [-0.2, 0) is 6.54 Å². The first kappa shape index (κ1) is 11.6. The van der Waals surface area contributed by atoms with Crippen molar-refractivity contribution in [1.29, 1.82) is 0 Å². The SMILES string of the molecule is CCn1ncc(Cl)c1C(NC)c1cccs1. The molecule has 0 aromatic carbocycles. The fourth-order valence-corrected chi connectivity index (χ4v) is 2.87. The van der Waals surface area contributed by atoms with Crippen LogP contribution in [0.15, 0.2) is 23.7 Å². The van der Waals surface area contributed by atoms with Gasteiger partial charge >= 0.3 is 0 Å². The van der Waals surface area contributed by atoms with Crippen LogP contribution in [-0.4, -0.2) is 16.8 Å². The Kier molecular flexibility index (Phi) is 3.63. The largest absolute Gasteiger partial charge is 0.307 e. The lowest BCUT2D eigenvalue weighted by molar-refractivity contribution is 0.568. The Labute approximate surface area is 104 Å². The lowest BCUT2D eigenvalue weighted by atomic mass is 10.1. The van der Waals surface area contributed by atoms with Gasteiger partial charge in [0.2, 0.25) is 0 Å². The summed E-state index contributed by atoms with van der Waals surface area (Å²) in [5.41, 5.74) is 1.04. The number of hydrogen-bond acceptors (Lipinski definition) is 3. The molecule has 2 rings (SSSR count). The van der Waals surface area contributed by atoms with Gasteiger partial charge in [0.1, 0.15) is 0 Å². The van der Waals surface area contributed by atoms with Crippen molar-refractivity contribution in [1.82, 2.24) is 15.1 Å². The number of rotatable bonds is 4. The quantitative estimate of drug-likeness (QED) is 0.911. The summed E-state index contributed by atoms with van der Waals surface area (Å²) in [4.78, 5) is 1.25. The summed E-state index contributed by atoms with van der Waals surface area (Å²) in [7, 11) is 1.94. The van der Waals surface area contributed by atoms with E-state index in [4.69, 9.17) is 11.6 Å². The van der Waals surface area contributed by atoms with E-state index < -0.39 is 0 Å². The van der Waals surface area contributed by atoms with Crippen molar-refractivity contribution in [2.45, 2.75) is 19.5 Å². The summed E-state index contributed by atoms with van der Waals surface area (Å²) in [6.45, 7) is 2.89. The highest BCUT2D eigenvalue weighted by molar-refractivity contribution is 7.10. The molecule has 5 heteroatoms. The van der Waals surface area contributed by atoms with Crippen LogP contribution in [0.1, 0.15) is 23.5 Å². The number of nitrogens with zero attached hydrogens (tertiary/aromatic N) is 2. The van der Waals surface area contributed by atoms with Gasteiger partial charge in [-0.1, -0.05) is 17.7 Å². The maximum absolute atomic E-state index is 6.20. The van der Waals surface area contributed by atoms with Crippen molar-refractivity contribution < 1.29 is 0 Å². The van der Waals surface area contributed by atoms with E-state index in [9.17, 15) is 0 Å². The maximum atomic E-state index is 6.20. The monoisotopic (exact) mass is 255 g/mol. The van der Waals surface area contributed by atoms with E-state index in [-0.39, 0.29) is 6.04 Å². The van der Waals surface area contributed by atoms with Gasteiger partial charge in [0.15, 0.2) is 0 Å². The molecule has 0 bridgehead atoms. The molecule has 0 amide bonds. The van der Waals surface area contributed by atoms with Crippen molar-refractivity contribution in [3.63, 3.8) is 0 Å². The Balaban J connectivity index is 2.44. The smallest absolute Gasteiger partial charge is 0.0854 e. The van der Waals surface area contributed by atoms with E-state index in [1.165, 1.54) is 4.88 Å². The van der Waals surface area contributed by atoms with Gasteiger partial charge in [0, 0.05) is 11.4 Å². The number of thiophene rings is 1. The molecule has 1 atom stereocenters. The summed E-state index contributed by atoms with van der Waals surface area (Å²) in [6, 6.07) is 4.27. The molecule has 3 nitrogen and oxygen atoms in total. The third-order valence-electron chi connectivity index (χ3n) is 2.52. The lowest BCUT2D eigenvalue weighted by Crippen LogP contribution is -2.20. The number of aromatic nitrogens is 2.